The molecule has 0 saturated heterocycles. The van der Waals surface area contributed by atoms with Crippen LogP contribution in [0.5, 0.6) is 0 Å². The summed E-state index contributed by atoms with van der Waals surface area (Å²) in [5.41, 5.74) is 0. The molecule has 0 fully saturated rings. The summed E-state index contributed by atoms with van der Waals surface area (Å²) in [7, 11) is 0. The molecule has 0 aromatic rings. The standard InChI is InChI=1S/C13H27N3O4S/c1-2-4-14-5-6-15-13(21)16-7-9-20-11-10-19-8-3-12(17)18/h14H,2-11H2,1H3,(H,17,18)(H2,15,16,21). The Bertz CT molecular complexity index is 280. The molecular weight excluding hydrogens is 294 g/mol. The molecule has 0 spiro atoms. The number of thiocarbonyl (C=S) groups is 1. The second-order valence-electron chi connectivity index (χ2n) is 4.30. The molecule has 0 aliphatic carbocycles. The van der Waals surface area contributed by atoms with Crippen molar-refractivity contribution in [3.05, 3.63) is 0 Å². The van der Waals surface area contributed by atoms with E-state index in [0.717, 1.165) is 26.1 Å². The van der Waals surface area contributed by atoms with Crippen LogP contribution in [0.1, 0.15) is 19.8 Å². The van der Waals surface area contributed by atoms with Gasteiger partial charge in [-0.3, -0.25) is 4.79 Å². The Balaban J connectivity index is 3.16. The third-order valence-electron chi connectivity index (χ3n) is 2.38. The zero-order valence-corrected chi connectivity index (χ0v) is 13.5. The van der Waals surface area contributed by atoms with Crippen molar-refractivity contribution in [3.8, 4) is 0 Å². The fraction of sp³-hybridized carbons (Fsp3) is 0.846. The van der Waals surface area contributed by atoms with Crippen LogP contribution in [0.25, 0.3) is 0 Å². The molecule has 0 heterocycles. The smallest absolute Gasteiger partial charge is 0.305 e. The molecule has 0 aliphatic rings. The Kier molecular flexibility index (Phi) is 14.7. The minimum absolute atomic E-state index is 0.0224. The number of ether oxygens (including phenoxy) is 2. The third-order valence-corrected chi connectivity index (χ3v) is 2.67. The van der Waals surface area contributed by atoms with Gasteiger partial charge >= 0.3 is 5.97 Å². The Morgan fingerprint density at radius 1 is 1.00 bits per heavy atom. The molecule has 0 rings (SSSR count). The number of hydrogen-bond donors (Lipinski definition) is 4. The highest BCUT2D eigenvalue weighted by molar-refractivity contribution is 7.80. The van der Waals surface area contributed by atoms with Crippen LogP contribution in [-0.4, -0.2) is 68.8 Å². The van der Waals surface area contributed by atoms with Crippen molar-refractivity contribution in [3.63, 3.8) is 0 Å². The summed E-state index contributed by atoms with van der Waals surface area (Å²) in [6.45, 7) is 7.05. The zero-order valence-electron chi connectivity index (χ0n) is 12.7. The number of nitrogens with one attached hydrogen (secondary N) is 3. The number of rotatable bonds is 14. The topological polar surface area (TPSA) is 91.9 Å². The van der Waals surface area contributed by atoms with Crippen LogP contribution in [0.3, 0.4) is 0 Å². The molecular formula is C13H27N3O4S. The van der Waals surface area contributed by atoms with Gasteiger partial charge in [0.25, 0.3) is 0 Å². The lowest BCUT2D eigenvalue weighted by Gasteiger charge is -2.11. The van der Waals surface area contributed by atoms with Gasteiger partial charge in [-0.25, -0.2) is 0 Å². The SMILES string of the molecule is CCCNCCNC(=S)NCCOCCOCCC(=O)O. The maximum absolute atomic E-state index is 10.2. The van der Waals surface area contributed by atoms with Crippen molar-refractivity contribution >= 4 is 23.3 Å². The Morgan fingerprint density at radius 3 is 2.33 bits per heavy atom. The lowest BCUT2D eigenvalue weighted by Crippen LogP contribution is -2.40. The van der Waals surface area contributed by atoms with Gasteiger partial charge < -0.3 is 30.5 Å². The second kappa shape index (κ2) is 15.4. The van der Waals surface area contributed by atoms with Gasteiger partial charge in [0.15, 0.2) is 5.11 Å². The lowest BCUT2D eigenvalue weighted by molar-refractivity contribution is -0.138. The largest absolute Gasteiger partial charge is 0.481 e. The van der Waals surface area contributed by atoms with E-state index in [9.17, 15) is 4.79 Å². The molecule has 0 aliphatic heterocycles. The third kappa shape index (κ3) is 17.0. The fourth-order valence-corrected chi connectivity index (χ4v) is 1.55. The van der Waals surface area contributed by atoms with Crippen LogP contribution in [0, 0.1) is 0 Å². The van der Waals surface area contributed by atoms with Crippen molar-refractivity contribution < 1.29 is 19.4 Å². The van der Waals surface area contributed by atoms with Gasteiger partial charge in [0.05, 0.1) is 32.8 Å². The highest BCUT2D eigenvalue weighted by Crippen LogP contribution is 1.83. The van der Waals surface area contributed by atoms with Gasteiger partial charge in [-0.1, -0.05) is 6.92 Å². The van der Waals surface area contributed by atoms with Gasteiger partial charge in [0.2, 0.25) is 0 Å². The highest BCUT2D eigenvalue weighted by Gasteiger charge is 1.97. The number of carboxylic acid groups (broad SMARTS) is 1. The summed E-state index contributed by atoms with van der Waals surface area (Å²) in [5.74, 6) is -0.856. The maximum atomic E-state index is 10.2. The first-order valence-corrected chi connectivity index (χ1v) is 7.67. The van der Waals surface area contributed by atoms with Crippen LogP contribution in [0.2, 0.25) is 0 Å². The number of carboxylic acids is 1. The first-order valence-electron chi connectivity index (χ1n) is 7.26. The van der Waals surface area contributed by atoms with Crippen LogP contribution < -0.4 is 16.0 Å². The predicted molar refractivity (Wildman–Crippen MR) is 85.7 cm³/mol. The number of carbonyl (C=O) groups is 1. The van der Waals surface area contributed by atoms with E-state index in [4.69, 9.17) is 26.8 Å². The van der Waals surface area contributed by atoms with Crippen LogP contribution in [0.4, 0.5) is 0 Å². The van der Waals surface area contributed by atoms with Crippen molar-refractivity contribution in [2.24, 2.45) is 0 Å². The Hall–Kier alpha value is -0.960. The second-order valence-corrected chi connectivity index (χ2v) is 4.71. The van der Waals surface area contributed by atoms with E-state index >= 15 is 0 Å². The average Bonchev–Trinajstić information content (AvgIpc) is 2.45. The van der Waals surface area contributed by atoms with E-state index in [-0.39, 0.29) is 13.0 Å². The van der Waals surface area contributed by atoms with E-state index in [1.807, 2.05) is 0 Å². The van der Waals surface area contributed by atoms with Crippen LogP contribution in [0.15, 0.2) is 0 Å². The minimum atomic E-state index is -0.856. The van der Waals surface area contributed by atoms with Crippen LogP contribution >= 0.6 is 12.2 Å². The minimum Gasteiger partial charge on any atom is -0.481 e. The van der Waals surface area contributed by atoms with Crippen molar-refractivity contribution in [2.45, 2.75) is 19.8 Å². The molecule has 0 atom stereocenters. The first-order chi connectivity index (χ1) is 10.2. The number of hydrogen-bond acceptors (Lipinski definition) is 5. The maximum Gasteiger partial charge on any atom is 0.305 e. The normalized spacial score (nSPS) is 10.3. The molecule has 0 saturated carbocycles. The van der Waals surface area contributed by atoms with Crippen molar-refractivity contribution in [1.29, 1.82) is 0 Å². The average molecular weight is 321 g/mol. The highest BCUT2D eigenvalue weighted by atomic mass is 32.1. The van der Waals surface area contributed by atoms with E-state index in [2.05, 4.69) is 22.9 Å². The fourth-order valence-electron chi connectivity index (χ4n) is 1.35. The molecule has 0 aromatic heterocycles. The summed E-state index contributed by atoms with van der Waals surface area (Å²) in [4.78, 5) is 10.2. The molecule has 0 bridgehead atoms. The predicted octanol–water partition coefficient (Wildman–Crippen LogP) is -0.0420. The van der Waals surface area contributed by atoms with Gasteiger partial charge in [0, 0.05) is 19.6 Å². The lowest BCUT2D eigenvalue weighted by atomic mass is 10.5. The van der Waals surface area contributed by atoms with Crippen molar-refractivity contribution in [2.75, 3.05) is 52.6 Å². The molecule has 0 radical (unpaired) electrons. The summed E-state index contributed by atoms with van der Waals surface area (Å²) in [6.07, 6.45) is 1.15. The van der Waals surface area contributed by atoms with Crippen LogP contribution in [-0.2, 0) is 14.3 Å². The molecule has 4 N–H and O–H groups in total. The molecule has 124 valence electrons. The molecule has 8 heteroatoms. The van der Waals surface area contributed by atoms with Gasteiger partial charge in [-0.2, -0.15) is 0 Å². The monoisotopic (exact) mass is 321 g/mol. The summed E-state index contributed by atoms with van der Waals surface area (Å²) in [6, 6.07) is 0. The molecule has 0 aromatic carbocycles. The van der Waals surface area contributed by atoms with E-state index in [1.165, 1.54) is 0 Å². The summed E-state index contributed by atoms with van der Waals surface area (Å²) in [5, 5.41) is 18.4. The van der Waals surface area contributed by atoms with E-state index in [0.29, 0.717) is 31.5 Å². The number of aliphatic carboxylic acids is 1. The Labute approximate surface area is 131 Å². The van der Waals surface area contributed by atoms with Gasteiger partial charge in [-0.05, 0) is 25.2 Å². The van der Waals surface area contributed by atoms with Gasteiger partial charge in [0.1, 0.15) is 0 Å². The summed E-state index contributed by atoms with van der Waals surface area (Å²) < 4.78 is 10.4. The molecule has 0 amide bonds. The molecule has 0 unspecified atom stereocenters. The van der Waals surface area contributed by atoms with Gasteiger partial charge in [-0.15, -0.1) is 0 Å². The molecule has 21 heavy (non-hydrogen) atoms. The van der Waals surface area contributed by atoms with E-state index < -0.39 is 5.97 Å². The van der Waals surface area contributed by atoms with E-state index in [1.54, 1.807) is 0 Å². The van der Waals surface area contributed by atoms with Crippen molar-refractivity contribution in [1.82, 2.24) is 16.0 Å². The summed E-state index contributed by atoms with van der Waals surface area (Å²) >= 11 is 5.11. The quantitative estimate of drug-likeness (QED) is 0.262. The zero-order chi connectivity index (χ0) is 15.8. The Morgan fingerprint density at radius 2 is 1.67 bits per heavy atom. The first kappa shape index (κ1) is 20.0. The molecule has 7 nitrogen and oxygen atoms in total.